The number of hydrogen-bond acceptors (Lipinski definition) is 7. The van der Waals surface area contributed by atoms with Crippen LogP contribution in [0.3, 0.4) is 0 Å². The summed E-state index contributed by atoms with van der Waals surface area (Å²) in [6, 6.07) is 20.4. The van der Waals surface area contributed by atoms with Gasteiger partial charge in [0.25, 0.3) is 0 Å². The van der Waals surface area contributed by atoms with E-state index in [-0.39, 0.29) is 6.04 Å². The van der Waals surface area contributed by atoms with Crippen LogP contribution in [0.1, 0.15) is 44.9 Å². The van der Waals surface area contributed by atoms with E-state index in [0.29, 0.717) is 70.7 Å². The molecule has 258 valence electrons. The highest BCUT2D eigenvalue weighted by Gasteiger charge is 2.23. The van der Waals surface area contributed by atoms with Crippen LogP contribution < -0.4 is 5.32 Å². The lowest BCUT2D eigenvalue weighted by Crippen LogP contribution is -2.40. The van der Waals surface area contributed by atoms with Crippen molar-refractivity contribution >= 4 is 50.8 Å². The van der Waals surface area contributed by atoms with Gasteiger partial charge < -0.3 is 29.2 Å². The summed E-state index contributed by atoms with van der Waals surface area (Å²) in [5.74, 6) is 0. The number of carbonyl (C=O) groups is 2. The number of halogens is 2. The second-order valence-corrected chi connectivity index (χ2v) is 13.4. The highest BCUT2D eigenvalue weighted by atomic mass is 79.9. The summed E-state index contributed by atoms with van der Waals surface area (Å²) < 4.78 is 23.1. The molecule has 3 aromatic carbocycles. The molecule has 0 heterocycles. The summed E-state index contributed by atoms with van der Waals surface area (Å²) in [5, 5.41) is 5.64. The highest BCUT2D eigenvalue weighted by Crippen LogP contribution is 2.27. The molecule has 0 aliphatic carbocycles. The van der Waals surface area contributed by atoms with Crippen molar-refractivity contribution < 1.29 is 28.5 Å². The average Bonchev–Trinajstić information content (AvgIpc) is 3.03. The average molecular weight is 735 g/mol. The molecule has 3 aromatic rings. The molecular formula is C36H49BrClN3O6. The zero-order valence-electron chi connectivity index (χ0n) is 28.0. The zero-order chi connectivity index (χ0) is 34.1. The van der Waals surface area contributed by atoms with Crippen molar-refractivity contribution in [2.75, 3.05) is 72.4 Å². The highest BCUT2D eigenvalue weighted by molar-refractivity contribution is 9.10. The lowest BCUT2D eigenvalue weighted by Gasteiger charge is -2.34. The Morgan fingerprint density at radius 3 is 2.26 bits per heavy atom. The van der Waals surface area contributed by atoms with Crippen molar-refractivity contribution in [2.24, 2.45) is 0 Å². The lowest BCUT2D eigenvalue weighted by molar-refractivity contribution is -0.120. The first-order valence-corrected chi connectivity index (χ1v) is 17.3. The molecule has 1 N–H and O–H groups in total. The summed E-state index contributed by atoms with van der Waals surface area (Å²) in [4.78, 5) is 28.4. The first kappa shape index (κ1) is 38.7. The van der Waals surface area contributed by atoms with E-state index in [2.05, 4.69) is 63.4 Å². The molecule has 0 bridgehead atoms. The van der Waals surface area contributed by atoms with Gasteiger partial charge in [-0.2, -0.15) is 0 Å². The van der Waals surface area contributed by atoms with Crippen molar-refractivity contribution in [3.63, 3.8) is 0 Å². The van der Waals surface area contributed by atoms with Gasteiger partial charge in [0.1, 0.15) is 5.60 Å². The Morgan fingerprint density at radius 1 is 0.915 bits per heavy atom. The van der Waals surface area contributed by atoms with E-state index in [1.54, 1.807) is 0 Å². The van der Waals surface area contributed by atoms with Crippen LogP contribution in [0.4, 0.5) is 4.79 Å². The fourth-order valence-electron chi connectivity index (χ4n) is 4.97. The van der Waals surface area contributed by atoms with Gasteiger partial charge in [-0.25, -0.2) is 4.79 Å². The predicted octanol–water partition coefficient (Wildman–Crippen LogP) is 6.89. The third-order valence-electron chi connectivity index (χ3n) is 7.44. The van der Waals surface area contributed by atoms with Crippen LogP contribution in [0.2, 0.25) is 5.02 Å². The first-order valence-electron chi connectivity index (χ1n) is 16.2. The van der Waals surface area contributed by atoms with E-state index < -0.39 is 11.7 Å². The Morgan fingerprint density at radius 2 is 1.60 bits per heavy atom. The third-order valence-corrected chi connectivity index (χ3v) is 8.41. The molecule has 3 rings (SSSR count). The summed E-state index contributed by atoms with van der Waals surface area (Å²) in [5.41, 5.74) is 1.68. The van der Waals surface area contributed by atoms with E-state index in [1.165, 1.54) is 5.39 Å². The number of likely N-dealkylation sites (N-methyl/N-ethyl adjacent to an activating group) is 1. The molecule has 47 heavy (non-hydrogen) atoms. The van der Waals surface area contributed by atoms with E-state index in [1.807, 2.05) is 56.0 Å². The summed E-state index contributed by atoms with van der Waals surface area (Å²) in [6.07, 6.45) is 1.21. The predicted molar refractivity (Wildman–Crippen MR) is 191 cm³/mol. The van der Waals surface area contributed by atoms with E-state index in [0.717, 1.165) is 40.5 Å². The maximum Gasteiger partial charge on any atom is 0.407 e. The van der Waals surface area contributed by atoms with Crippen molar-refractivity contribution in [3.8, 4) is 0 Å². The minimum atomic E-state index is -0.523. The fourth-order valence-corrected chi connectivity index (χ4v) is 5.85. The minimum Gasteiger partial charge on any atom is -0.444 e. The second kappa shape index (κ2) is 20.6. The quantitative estimate of drug-likeness (QED) is 0.0942. The number of alkyl carbamates (subject to hydrolysis) is 1. The number of rotatable bonds is 21. The molecule has 0 fully saturated rings. The third kappa shape index (κ3) is 14.5. The van der Waals surface area contributed by atoms with Gasteiger partial charge in [0.05, 0.1) is 45.7 Å². The number of nitrogens with one attached hydrogen (secondary N) is 1. The van der Waals surface area contributed by atoms with Crippen LogP contribution >= 0.6 is 27.5 Å². The zero-order valence-corrected chi connectivity index (χ0v) is 30.4. The Kier molecular flexibility index (Phi) is 17.0. The Bertz CT molecular complexity index is 1390. The smallest absolute Gasteiger partial charge is 0.407 e. The van der Waals surface area contributed by atoms with Gasteiger partial charge in [0.2, 0.25) is 6.41 Å². The van der Waals surface area contributed by atoms with Gasteiger partial charge >= 0.3 is 6.09 Å². The molecule has 2 amide bonds. The molecule has 11 heteroatoms. The molecule has 1 unspecified atom stereocenters. The van der Waals surface area contributed by atoms with E-state index >= 15 is 0 Å². The molecule has 0 aliphatic heterocycles. The van der Waals surface area contributed by atoms with Gasteiger partial charge in [-0.15, -0.1) is 0 Å². The Balaban J connectivity index is 1.45. The van der Waals surface area contributed by atoms with Crippen LogP contribution in [0.5, 0.6) is 0 Å². The number of carbonyl (C=O) groups excluding carboxylic acids is 2. The van der Waals surface area contributed by atoms with Crippen molar-refractivity contribution in [1.82, 2.24) is 15.1 Å². The second-order valence-electron chi connectivity index (χ2n) is 12.1. The molecule has 0 radical (unpaired) electrons. The molecule has 9 nitrogen and oxygen atoms in total. The standard InChI is InChI=1S/C36H49BrClN3O6/c1-5-40(17-19-45-21-23-46-22-20-44-18-15-39-35(43)47-36(2,3)4)26-34(31-11-10-28-8-6-7-9-30(28)24-31)41(27-42)16-14-29-12-13-32(38)25-33(29)37/h6-13,24-25,27,34H,5,14-23,26H2,1-4H3,(H,39,43). The molecule has 0 spiro atoms. The fraction of sp³-hybridized carbons (Fsp3) is 0.500. The van der Waals surface area contributed by atoms with Crippen LogP contribution in [-0.2, 0) is 30.2 Å². The maximum absolute atomic E-state index is 12.6. The van der Waals surface area contributed by atoms with Crippen molar-refractivity contribution in [2.45, 2.75) is 45.8 Å². The Labute approximate surface area is 292 Å². The van der Waals surface area contributed by atoms with Gasteiger partial charge in [-0.3, -0.25) is 9.69 Å². The largest absolute Gasteiger partial charge is 0.444 e. The van der Waals surface area contributed by atoms with Gasteiger partial charge in [-0.1, -0.05) is 76.9 Å². The van der Waals surface area contributed by atoms with Gasteiger partial charge in [0, 0.05) is 35.7 Å². The normalized spacial score (nSPS) is 12.3. The topological polar surface area (TPSA) is 89.6 Å². The Hall–Kier alpha value is -2.73. The SMILES string of the molecule is CCN(CCOCCOCCOCCNC(=O)OC(C)(C)C)CC(c1ccc2ccccc2c1)N(C=O)CCc1ccc(Cl)cc1Br. The number of nitrogens with zero attached hydrogens (tertiary/aromatic N) is 2. The van der Waals surface area contributed by atoms with Gasteiger partial charge in [0.15, 0.2) is 0 Å². The summed E-state index contributed by atoms with van der Waals surface area (Å²) in [7, 11) is 0. The van der Waals surface area contributed by atoms with Crippen LogP contribution in [-0.4, -0.2) is 100 Å². The minimum absolute atomic E-state index is 0.134. The monoisotopic (exact) mass is 733 g/mol. The summed E-state index contributed by atoms with van der Waals surface area (Å²) in [6.45, 7) is 13.5. The number of amides is 2. The molecule has 0 aliphatic rings. The van der Waals surface area contributed by atoms with E-state index in [9.17, 15) is 9.59 Å². The van der Waals surface area contributed by atoms with Crippen LogP contribution in [0.15, 0.2) is 65.1 Å². The number of hydrogen-bond donors (Lipinski definition) is 1. The molecule has 0 saturated carbocycles. The van der Waals surface area contributed by atoms with Gasteiger partial charge in [-0.05, 0) is 73.8 Å². The lowest BCUT2D eigenvalue weighted by atomic mass is 9.99. The van der Waals surface area contributed by atoms with Crippen molar-refractivity contribution in [1.29, 1.82) is 0 Å². The maximum atomic E-state index is 12.6. The molecule has 0 aromatic heterocycles. The number of benzene rings is 3. The van der Waals surface area contributed by atoms with Crippen LogP contribution in [0.25, 0.3) is 10.8 Å². The summed E-state index contributed by atoms with van der Waals surface area (Å²) >= 11 is 9.76. The molecular weight excluding hydrogens is 686 g/mol. The first-order chi connectivity index (χ1) is 22.6. The van der Waals surface area contributed by atoms with E-state index in [4.69, 9.17) is 30.5 Å². The molecule has 1 atom stereocenters. The van der Waals surface area contributed by atoms with Crippen LogP contribution in [0, 0.1) is 0 Å². The number of ether oxygens (including phenoxy) is 4. The number of fused-ring (bicyclic) bond motifs is 1. The van der Waals surface area contributed by atoms with Crippen molar-refractivity contribution in [3.05, 3.63) is 81.3 Å². The molecule has 0 saturated heterocycles.